The quantitative estimate of drug-likeness (QED) is 0.708. The molecule has 0 aliphatic heterocycles. The predicted molar refractivity (Wildman–Crippen MR) is 104 cm³/mol. The molecule has 0 atom stereocenters. The van der Waals surface area contributed by atoms with E-state index < -0.39 is 0 Å². The van der Waals surface area contributed by atoms with Crippen molar-refractivity contribution in [3.05, 3.63) is 88.5 Å². The molecule has 2 heterocycles. The lowest BCUT2D eigenvalue weighted by molar-refractivity contribution is 0.0946. The minimum Gasteiger partial charge on any atom is -0.347 e. The van der Waals surface area contributed by atoms with Crippen molar-refractivity contribution in [2.24, 2.45) is 0 Å². The van der Waals surface area contributed by atoms with E-state index in [1.165, 1.54) is 12.3 Å². The first kappa shape index (κ1) is 18.5. The maximum atomic E-state index is 12.4. The van der Waals surface area contributed by atoms with Crippen molar-refractivity contribution < 1.29 is 9.59 Å². The predicted octanol–water partition coefficient (Wildman–Crippen LogP) is 3.62. The normalized spacial score (nSPS) is 10.3. The van der Waals surface area contributed by atoms with Crippen LogP contribution in [0.15, 0.2) is 61.1 Å². The summed E-state index contributed by atoms with van der Waals surface area (Å²) < 4.78 is 0. The molecule has 3 aromatic rings. The van der Waals surface area contributed by atoms with E-state index >= 15 is 0 Å². The zero-order valence-corrected chi connectivity index (χ0v) is 15.3. The molecule has 136 valence electrons. The Bertz CT molecular complexity index is 977. The molecule has 0 spiro atoms. The summed E-state index contributed by atoms with van der Waals surface area (Å²) in [5.41, 5.74) is 2.86. The highest BCUT2D eigenvalue weighted by atomic mass is 35.5. The molecule has 2 amide bonds. The number of pyridine rings is 2. The number of anilines is 1. The average molecular weight is 381 g/mol. The third-order valence-corrected chi connectivity index (χ3v) is 4.27. The molecule has 7 heteroatoms. The molecule has 0 aliphatic rings. The highest BCUT2D eigenvalue weighted by molar-refractivity contribution is 6.31. The molecule has 0 aliphatic carbocycles. The van der Waals surface area contributed by atoms with Gasteiger partial charge >= 0.3 is 0 Å². The second kappa shape index (κ2) is 8.42. The number of hydrogen-bond donors (Lipinski definition) is 2. The number of rotatable bonds is 5. The summed E-state index contributed by atoms with van der Waals surface area (Å²) >= 11 is 6.08. The Kier molecular flexibility index (Phi) is 5.78. The lowest BCUT2D eigenvalue weighted by Crippen LogP contribution is -2.24. The third kappa shape index (κ3) is 4.89. The fourth-order valence-electron chi connectivity index (χ4n) is 2.35. The van der Waals surface area contributed by atoms with E-state index in [9.17, 15) is 9.59 Å². The summed E-state index contributed by atoms with van der Waals surface area (Å²) in [7, 11) is 0. The number of nitrogens with one attached hydrogen (secondary N) is 2. The number of halogens is 1. The van der Waals surface area contributed by atoms with Gasteiger partial charge in [0.05, 0.1) is 0 Å². The summed E-state index contributed by atoms with van der Waals surface area (Å²) in [6.45, 7) is 2.21. The Labute approximate surface area is 161 Å². The van der Waals surface area contributed by atoms with Crippen LogP contribution < -0.4 is 10.6 Å². The fourth-order valence-corrected chi connectivity index (χ4v) is 2.53. The van der Waals surface area contributed by atoms with Crippen LogP contribution in [0, 0.1) is 6.92 Å². The van der Waals surface area contributed by atoms with Gasteiger partial charge in [0.2, 0.25) is 0 Å². The molecule has 0 radical (unpaired) electrons. The molecular formula is C20H17ClN4O2. The minimum atomic E-state index is -0.369. The van der Waals surface area contributed by atoms with Crippen LogP contribution in [-0.2, 0) is 6.54 Å². The molecule has 1 aromatic carbocycles. The Morgan fingerprint density at radius 1 is 1.07 bits per heavy atom. The Morgan fingerprint density at radius 2 is 1.93 bits per heavy atom. The van der Waals surface area contributed by atoms with Crippen molar-refractivity contribution >= 4 is 29.1 Å². The molecule has 0 fully saturated rings. The van der Waals surface area contributed by atoms with Crippen molar-refractivity contribution in [1.29, 1.82) is 0 Å². The van der Waals surface area contributed by atoms with Gasteiger partial charge in [-0.15, -0.1) is 0 Å². The number of amides is 2. The van der Waals surface area contributed by atoms with Crippen molar-refractivity contribution in [2.45, 2.75) is 13.5 Å². The zero-order valence-electron chi connectivity index (χ0n) is 14.6. The van der Waals surface area contributed by atoms with E-state index in [-0.39, 0.29) is 17.5 Å². The summed E-state index contributed by atoms with van der Waals surface area (Å²) in [5, 5.41) is 6.08. The van der Waals surface area contributed by atoms with E-state index in [4.69, 9.17) is 11.6 Å². The van der Waals surface area contributed by atoms with Gasteiger partial charge in [0.15, 0.2) is 0 Å². The number of hydrogen-bond acceptors (Lipinski definition) is 4. The lowest BCUT2D eigenvalue weighted by Gasteiger charge is -2.08. The van der Waals surface area contributed by atoms with Crippen LogP contribution in [0.3, 0.4) is 0 Å². The molecule has 6 nitrogen and oxygen atoms in total. The molecule has 0 bridgehead atoms. The van der Waals surface area contributed by atoms with Crippen LogP contribution in [0.4, 0.5) is 5.69 Å². The Morgan fingerprint density at radius 3 is 2.67 bits per heavy atom. The summed E-state index contributed by atoms with van der Waals surface area (Å²) in [6.07, 6.45) is 4.76. The Balaban J connectivity index is 1.67. The van der Waals surface area contributed by atoms with Crippen LogP contribution in [-0.4, -0.2) is 21.8 Å². The number of aryl methyl sites for hydroxylation is 1. The van der Waals surface area contributed by atoms with Gasteiger partial charge in [-0.1, -0.05) is 23.7 Å². The third-order valence-electron chi connectivity index (χ3n) is 3.86. The molecule has 2 N–H and O–H groups in total. The largest absolute Gasteiger partial charge is 0.347 e. The summed E-state index contributed by atoms with van der Waals surface area (Å²) in [5.74, 6) is -0.717. The van der Waals surface area contributed by atoms with Gasteiger partial charge < -0.3 is 10.6 Å². The first-order chi connectivity index (χ1) is 13.0. The topological polar surface area (TPSA) is 84.0 Å². The maximum Gasteiger partial charge on any atom is 0.270 e. The number of carbonyl (C=O) groups excluding carboxylic acids is 2. The van der Waals surface area contributed by atoms with E-state index in [0.29, 0.717) is 22.8 Å². The SMILES string of the molecule is Cc1ccc(NC(=O)c2ccnc(C(=O)NCc3cccnc3)c2)cc1Cl. The first-order valence-corrected chi connectivity index (χ1v) is 8.61. The van der Waals surface area contributed by atoms with Crippen molar-refractivity contribution in [2.75, 3.05) is 5.32 Å². The average Bonchev–Trinajstić information content (AvgIpc) is 2.70. The van der Waals surface area contributed by atoms with E-state index in [1.807, 2.05) is 19.1 Å². The van der Waals surface area contributed by atoms with Gasteiger partial charge in [-0.3, -0.25) is 19.6 Å². The van der Waals surface area contributed by atoms with E-state index in [2.05, 4.69) is 20.6 Å². The van der Waals surface area contributed by atoms with Gasteiger partial charge in [-0.05, 0) is 48.4 Å². The van der Waals surface area contributed by atoms with E-state index in [1.54, 1.807) is 36.7 Å². The van der Waals surface area contributed by atoms with Crippen LogP contribution in [0.2, 0.25) is 5.02 Å². The number of carbonyl (C=O) groups is 2. The molecule has 0 unspecified atom stereocenters. The maximum absolute atomic E-state index is 12.4. The second-order valence-electron chi connectivity index (χ2n) is 5.89. The van der Waals surface area contributed by atoms with Crippen molar-refractivity contribution in [3.8, 4) is 0 Å². The molecule has 2 aromatic heterocycles. The van der Waals surface area contributed by atoms with Crippen molar-refractivity contribution in [1.82, 2.24) is 15.3 Å². The highest BCUT2D eigenvalue weighted by Crippen LogP contribution is 2.20. The highest BCUT2D eigenvalue weighted by Gasteiger charge is 2.12. The van der Waals surface area contributed by atoms with Crippen molar-refractivity contribution in [3.63, 3.8) is 0 Å². The van der Waals surface area contributed by atoms with Gasteiger partial charge in [0, 0.05) is 41.4 Å². The fraction of sp³-hybridized carbons (Fsp3) is 0.100. The smallest absolute Gasteiger partial charge is 0.270 e. The van der Waals surface area contributed by atoms with Crippen LogP contribution in [0.1, 0.15) is 32.0 Å². The molecular weight excluding hydrogens is 364 g/mol. The number of benzene rings is 1. The van der Waals surface area contributed by atoms with Gasteiger partial charge in [-0.25, -0.2) is 0 Å². The minimum absolute atomic E-state index is 0.161. The molecule has 3 rings (SSSR count). The second-order valence-corrected chi connectivity index (χ2v) is 6.30. The van der Waals surface area contributed by atoms with E-state index in [0.717, 1.165) is 11.1 Å². The van der Waals surface area contributed by atoms with Gasteiger partial charge in [0.1, 0.15) is 5.69 Å². The lowest BCUT2D eigenvalue weighted by atomic mass is 10.2. The summed E-state index contributed by atoms with van der Waals surface area (Å²) in [4.78, 5) is 32.8. The van der Waals surface area contributed by atoms with Gasteiger partial charge in [0.25, 0.3) is 11.8 Å². The number of nitrogens with zero attached hydrogens (tertiary/aromatic N) is 2. The molecule has 27 heavy (non-hydrogen) atoms. The van der Waals surface area contributed by atoms with Crippen LogP contribution >= 0.6 is 11.6 Å². The summed E-state index contributed by atoms with van der Waals surface area (Å²) in [6, 6.07) is 11.9. The van der Waals surface area contributed by atoms with Crippen LogP contribution in [0.25, 0.3) is 0 Å². The standard InChI is InChI=1S/C20H17ClN4O2/c1-13-4-5-16(10-17(13)21)25-19(26)15-6-8-23-18(9-15)20(27)24-12-14-3-2-7-22-11-14/h2-11H,12H2,1H3,(H,24,27)(H,25,26). The Hall–Kier alpha value is -3.25. The molecule has 0 saturated heterocycles. The molecule has 0 saturated carbocycles. The van der Waals surface area contributed by atoms with Crippen LogP contribution in [0.5, 0.6) is 0 Å². The van der Waals surface area contributed by atoms with Gasteiger partial charge in [-0.2, -0.15) is 0 Å². The number of aromatic nitrogens is 2. The first-order valence-electron chi connectivity index (χ1n) is 8.23. The zero-order chi connectivity index (χ0) is 19.2. The monoisotopic (exact) mass is 380 g/mol.